The molecule has 0 radical (unpaired) electrons. The number of amides is 3. The molecule has 0 aliphatic carbocycles. The third-order valence-electron chi connectivity index (χ3n) is 6.27. The number of carbonyl (C=O) groups excluding carboxylic acids is 2. The van der Waals surface area contributed by atoms with E-state index < -0.39 is 11.8 Å². The van der Waals surface area contributed by atoms with Crippen molar-refractivity contribution >= 4 is 17.6 Å². The van der Waals surface area contributed by atoms with Gasteiger partial charge in [-0.3, -0.25) is 9.69 Å². The number of halogens is 1. The zero-order valence-electron chi connectivity index (χ0n) is 20.9. The zero-order valence-corrected chi connectivity index (χ0v) is 20.9. The average Bonchev–Trinajstić information content (AvgIpc) is 3.43. The Morgan fingerprint density at radius 3 is 2.49 bits per heavy atom. The molecule has 1 N–H and O–H groups in total. The minimum Gasteiger partial charge on any atom is -0.467 e. The molecule has 0 unspecified atom stereocenters. The zero-order chi connectivity index (χ0) is 25.9. The number of hydrogen-bond acceptors (Lipinski definition) is 5. The number of anilines is 1. The SMILES string of the molecule is O=C(CN(CCN1CCOCC1)C(=O)Nc1cccc(F)c1)N(CCc1ccccc1)Cc1ccco1. The first kappa shape index (κ1) is 26.4. The minimum absolute atomic E-state index is 0.110. The highest BCUT2D eigenvalue weighted by molar-refractivity contribution is 5.92. The van der Waals surface area contributed by atoms with Gasteiger partial charge in [-0.2, -0.15) is 0 Å². The van der Waals surface area contributed by atoms with Crippen molar-refractivity contribution in [3.8, 4) is 0 Å². The molecule has 1 aromatic heterocycles. The molecule has 0 atom stereocenters. The molecule has 2 aromatic carbocycles. The van der Waals surface area contributed by atoms with E-state index >= 15 is 0 Å². The first-order valence-corrected chi connectivity index (χ1v) is 12.5. The number of urea groups is 1. The van der Waals surface area contributed by atoms with Crippen LogP contribution in [0.2, 0.25) is 0 Å². The smallest absolute Gasteiger partial charge is 0.322 e. The Hall–Kier alpha value is -3.69. The summed E-state index contributed by atoms with van der Waals surface area (Å²) in [6, 6.07) is 18.8. The predicted molar refractivity (Wildman–Crippen MR) is 139 cm³/mol. The molecule has 196 valence electrons. The Labute approximate surface area is 216 Å². The van der Waals surface area contributed by atoms with Crippen molar-refractivity contribution in [3.05, 3.63) is 90.1 Å². The summed E-state index contributed by atoms with van der Waals surface area (Å²) in [7, 11) is 0. The number of morpholine rings is 1. The third-order valence-corrected chi connectivity index (χ3v) is 6.27. The Morgan fingerprint density at radius 2 is 1.76 bits per heavy atom. The Kier molecular flexibility index (Phi) is 9.67. The quantitative estimate of drug-likeness (QED) is 0.426. The van der Waals surface area contributed by atoms with Gasteiger partial charge in [-0.05, 0) is 42.3 Å². The fraction of sp³-hybridized carbons (Fsp3) is 0.357. The molecule has 1 saturated heterocycles. The van der Waals surface area contributed by atoms with Crippen molar-refractivity contribution in [1.29, 1.82) is 0 Å². The molecule has 0 saturated carbocycles. The molecule has 4 rings (SSSR count). The Balaban J connectivity index is 1.45. The number of furan rings is 1. The van der Waals surface area contributed by atoms with Gasteiger partial charge in [-0.25, -0.2) is 9.18 Å². The van der Waals surface area contributed by atoms with E-state index in [4.69, 9.17) is 9.15 Å². The highest BCUT2D eigenvalue weighted by Gasteiger charge is 2.23. The topological polar surface area (TPSA) is 78.3 Å². The third kappa shape index (κ3) is 8.44. The fourth-order valence-corrected chi connectivity index (χ4v) is 4.16. The lowest BCUT2D eigenvalue weighted by Crippen LogP contribution is -2.48. The van der Waals surface area contributed by atoms with E-state index in [2.05, 4.69) is 10.2 Å². The standard InChI is InChI=1S/C28H33FN4O4/c29-24-8-4-9-25(20-24)30-28(35)33(14-13-31-15-18-36-19-16-31)22-27(34)32(21-26-10-5-17-37-26)12-11-23-6-2-1-3-7-23/h1-10,17,20H,11-16,18-19,21-22H2,(H,30,35). The second kappa shape index (κ2) is 13.6. The molecule has 3 amide bonds. The van der Waals surface area contributed by atoms with Gasteiger partial charge in [0.2, 0.25) is 5.91 Å². The number of carbonyl (C=O) groups is 2. The van der Waals surface area contributed by atoms with Crippen molar-refractivity contribution in [2.45, 2.75) is 13.0 Å². The number of rotatable bonds is 11. The lowest BCUT2D eigenvalue weighted by atomic mass is 10.1. The second-order valence-electron chi connectivity index (χ2n) is 8.95. The maximum Gasteiger partial charge on any atom is 0.322 e. The van der Waals surface area contributed by atoms with Gasteiger partial charge in [0.1, 0.15) is 18.1 Å². The van der Waals surface area contributed by atoms with Crippen LogP contribution in [0.1, 0.15) is 11.3 Å². The molecule has 3 aromatic rings. The van der Waals surface area contributed by atoms with E-state index in [0.29, 0.717) is 57.3 Å². The van der Waals surface area contributed by atoms with Crippen molar-refractivity contribution in [3.63, 3.8) is 0 Å². The van der Waals surface area contributed by atoms with Gasteiger partial charge in [0.25, 0.3) is 0 Å². The molecule has 37 heavy (non-hydrogen) atoms. The number of hydrogen-bond donors (Lipinski definition) is 1. The predicted octanol–water partition coefficient (Wildman–Crippen LogP) is 3.86. The van der Waals surface area contributed by atoms with Crippen molar-refractivity contribution in [2.75, 3.05) is 57.8 Å². The summed E-state index contributed by atoms with van der Waals surface area (Å²) in [4.78, 5) is 32.1. The summed E-state index contributed by atoms with van der Waals surface area (Å²) in [6.07, 6.45) is 2.26. The van der Waals surface area contributed by atoms with Gasteiger partial charge in [-0.1, -0.05) is 36.4 Å². The molecule has 0 spiro atoms. The van der Waals surface area contributed by atoms with Gasteiger partial charge in [0.15, 0.2) is 0 Å². The van der Waals surface area contributed by atoms with Crippen LogP contribution >= 0.6 is 0 Å². The maximum atomic E-state index is 13.7. The lowest BCUT2D eigenvalue weighted by molar-refractivity contribution is -0.132. The Morgan fingerprint density at radius 1 is 0.946 bits per heavy atom. The molecular weight excluding hydrogens is 475 g/mol. The van der Waals surface area contributed by atoms with Gasteiger partial charge in [-0.15, -0.1) is 0 Å². The summed E-state index contributed by atoms with van der Waals surface area (Å²) in [5, 5.41) is 2.73. The highest BCUT2D eigenvalue weighted by atomic mass is 19.1. The van der Waals surface area contributed by atoms with Crippen molar-refractivity contribution in [2.24, 2.45) is 0 Å². The molecule has 0 bridgehead atoms. The molecule has 2 heterocycles. The first-order chi connectivity index (χ1) is 18.1. The van der Waals surface area contributed by atoms with Crippen LogP contribution in [0.15, 0.2) is 77.4 Å². The van der Waals surface area contributed by atoms with Crippen LogP contribution in [0.5, 0.6) is 0 Å². The van der Waals surface area contributed by atoms with Crippen LogP contribution in [0.25, 0.3) is 0 Å². The number of nitrogens with one attached hydrogen (secondary N) is 1. The fourth-order valence-electron chi connectivity index (χ4n) is 4.16. The van der Waals surface area contributed by atoms with Crippen LogP contribution < -0.4 is 5.32 Å². The molecule has 1 aliphatic rings. The van der Waals surface area contributed by atoms with E-state index in [1.807, 2.05) is 36.4 Å². The van der Waals surface area contributed by atoms with Crippen molar-refractivity contribution < 1.29 is 23.1 Å². The molecule has 1 aliphatic heterocycles. The first-order valence-electron chi connectivity index (χ1n) is 12.5. The van der Waals surface area contributed by atoms with Crippen molar-refractivity contribution in [1.82, 2.24) is 14.7 Å². The molecule has 9 heteroatoms. The van der Waals surface area contributed by atoms with Gasteiger partial charge >= 0.3 is 6.03 Å². The summed E-state index contributed by atoms with van der Waals surface area (Å²) in [5.74, 6) is 0.0356. The normalized spacial score (nSPS) is 13.8. The Bertz CT molecular complexity index is 1120. The summed E-state index contributed by atoms with van der Waals surface area (Å²) in [6.45, 7) is 4.46. The second-order valence-corrected chi connectivity index (χ2v) is 8.95. The van der Waals surface area contributed by atoms with E-state index in [-0.39, 0.29) is 12.5 Å². The van der Waals surface area contributed by atoms with E-state index in [0.717, 1.165) is 18.7 Å². The number of ether oxygens (including phenoxy) is 1. The average molecular weight is 509 g/mol. The van der Waals surface area contributed by atoms with E-state index in [1.54, 1.807) is 23.3 Å². The number of nitrogens with zero attached hydrogens (tertiary/aromatic N) is 3. The van der Waals surface area contributed by atoms with Crippen LogP contribution in [0.3, 0.4) is 0 Å². The summed E-state index contributed by atoms with van der Waals surface area (Å²) in [5.41, 5.74) is 1.46. The van der Waals surface area contributed by atoms with Gasteiger partial charge < -0.3 is 24.3 Å². The largest absolute Gasteiger partial charge is 0.467 e. The summed E-state index contributed by atoms with van der Waals surface area (Å²) < 4.78 is 24.6. The summed E-state index contributed by atoms with van der Waals surface area (Å²) >= 11 is 0. The lowest BCUT2D eigenvalue weighted by Gasteiger charge is -2.31. The van der Waals surface area contributed by atoms with E-state index in [9.17, 15) is 14.0 Å². The highest BCUT2D eigenvalue weighted by Crippen LogP contribution is 2.13. The van der Waals surface area contributed by atoms with E-state index in [1.165, 1.54) is 23.1 Å². The monoisotopic (exact) mass is 508 g/mol. The van der Waals surface area contributed by atoms with Crippen LogP contribution in [0.4, 0.5) is 14.9 Å². The van der Waals surface area contributed by atoms with Crippen LogP contribution in [-0.2, 0) is 22.5 Å². The number of benzene rings is 2. The van der Waals surface area contributed by atoms with Crippen LogP contribution in [-0.4, -0.2) is 79.1 Å². The molecular formula is C28H33FN4O4. The van der Waals surface area contributed by atoms with Gasteiger partial charge in [0, 0.05) is 38.4 Å². The maximum absolute atomic E-state index is 13.7. The molecule has 8 nitrogen and oxygen atoms in total. The van der Waals surface area contributed by atoms with Crippen LogP contribution in [0, 0.1) is 5.82 Å². The molecule has 1 fully saturated rings. The van der Waals surface area contributed by atoms with Gasteiger partial charge in [0.05, 0.1) is 26.0 Å². The minimum atomic E-state index is -0.451.